The number of carbonyl (C=O) groups is 1. The molecule has 4 nitrogen and oxygen atoms in total. The van der Waals surface area contributed by atoms with Crippen molar-refractivity contribution in [2.24, 2.45) is 0 Å². The molecule has 2 N–H and O–H groups in total. The van der Waals surface area contributed by atoms with Gasteiger partial charge in [-0.2, -0.15) is 0 Å². The van der Waals surface area contributed by atoms with E-state index in [4.69, 9.17) is 9.84 Å². The quantitative estimate of drug-likeness (QED) is 0.849. The van der Waals surface area contributed by atoms with Gasteiger partial charge in [-0.25, -0.2) is 0 Å². The zero-order valence-corrected chi connectivity index (χ0v) is 11.6. The second kappa shape index (κ2) is 7.13. The normalized spacial score (nSPS) is 9.43. The average molecular weight is 281 g/mol. The standard InChI is InChI=1S/C17H15NO3/c1-21-16-6-2-5-14(12-16)17(20)18-15-9-7-13(8-10-15)4-3-11-19/h2,5-10,12,19H,11H2,1H3,(H,18,20). The van der Waals surface area contributed by atoms with Crippen molar-refractivity contribution in [1.82, 2.24) is 0 Å². The van der Waals surface area contributed by atoms with Crippen LogP contribution in [0.3, 0.4) is 0 Å². The van der Waals surface area contributed by atoms with Crippen LogP contribution in [0.15, 0.2) is 48.5 Å². The first-order valence-electron chi connectivity index (χ1n) is 6.38. The van der Waals surface area contributed by atoms with Gasteiger partial charge in [0.1, 0.15) is 12.4 Å². The van der Waals surface area contributed by atoms with Crippen LogP contribution < -0.4 is 10.1 Å². The lowest BCUT2D eigenvalue weighted by Crippen LogP contribution is -2.11. The van der Waals surface area contributed by atoms with E-state index in [1.54, 1.807) is 55.6 Å². The first-order chi connectivity index (χ1) is 10.2. The highest BCUT2D eigenvalue weighted by atomic mass is 16.5. The molecule has 0 saturated carbocycles. The first-order valence-corrected chi connectivity index (χ1v) is 6.38. The third-order valence-corrected chi connectivity index (χ3v) is 2.79. The molecule has 21 heavy (non-hydrogen) atoms. The summed E-state index contributed by atoms with van der Waals surface area (Å²) in [5, 5.41) is 11.4. The Balaban J connectivity index is 2.08. The number of amides is 1. The van der Waals surface area contributed by atoms with Crippen LogP contribution in [0, 0.1) is 11.8 Å². The van der Waals surface area contributed by atoms with Crippen molar-refractivity contribution in [3.05, 3.63) is 59.7 Å². The molecular weight excluding hydrogens is 266 g/mol. The highest BCUT2D eigenvalue weighted by Gasteiger charge is 2.06. The van der Waals surface area contributed by atoms with Crippen LogP contribution in [0.4, 0.5) is 5.69 Å². The highest BCUT2D eigenvalue weighted by Crippen LogP contribution is 2.15. The van der Waals surface area contributed by atoms with Crippen LogP contribution in [0.25, 0.3) is 0 Å². The Bertz CT molecular complexity index is 681. The summed E-state index contributed by atoms with van der Waals surface area (Å²) in [5.74, 6) is 5.79. The summed E-state index contributed by atoms with van der Waals surface area (Å²) in [6.45, 7) is -0.172. The topological polar surface area (TPSA) is 58.6 Å². The van der Waals surface area contributed by atoms with Gasteiger partial charge in [-0.15, -0.1) is 0 Å². The van der Waals surface area contributed by atoms with Crippen LogP contribution >= 0.6 is 0 Å². The third kappa shape index (κ3) is 4.10. The summed E-state index contributed by atoms with van der Waals surface area (Å²) in [5.41, 5.74) is 1.99. The summed E-state index contributed by atoms with van der Waals surface area (Å²) in [7, 11) is 1.56. The number of rotatable bonds is 3. The number of ether oxygens (including phenoxy) is 1. The molecule has 0 aromatic heterocycles. The molecule has 2 aromatic carbocycles. The lowest BCUT2D eigenvalue weighted by molar-refractivity contribution is 0.102. The minimum absolute atomic E-state index is 0.172. The molecule has 0 aliphatic carbocycles. The lowest BCUT2D eigenvalue weighted by atomic mass is 10.1. The third-order valence-electron chi connectivity index (χ3n) is 2.79. The van der Waals surface area contributed by atoms with E-state index in [0.29, 0.717) is 17.0 Å². The van der Waals surface area contributed by atoms with Crippen LogP contribution in [-0.4, -0.2) is 24.7 Å². The minimum Gasteiger partial charge on any atom is -0.497 e. The Hall–Kier alpha value is -2.77. The molecule has 2 aromatic rings. The zero-order chi connectivity index (χ0) is 15.1. The van der Waals surface area contributed by atoms with Crippen molar-refractivity contribution in [2.45, 2.75) is 0 Å². The molecule has 4 heteroatoms. The van der Waals surface area contributed by atoms with Gasteiger partial charge in [-0.05, 0) is 42.5 Å². The molecule has 0 aliphatic rings. The van der Waals surface area contributed by atoms with Crippen molar-refractivity contribution in [2.75, 3.05) is 19.0 Å². The smallest absolute Gasteiger partial charge is 0.255 e. The highest BCUT2D eigenvalue weighted by molar-refractivity contribution is 6.04. The van der Waals surface area contributed by atoms with Gasteiger partial charge in [0.25, 0.3) is 5.91 Å². The molecule has 0 bridgehead atoms. The van der Waals surface area contributed by atoms with Crippen molar-refractivity contribution in [3.63, 3.8) is 0 Å². The number of anilines is 1. The first kappa shape index (κ1) is 14.6. The molecule has 106 valence electrons. The molecule has 0 fully saturated rings. The maximum atomic E-state index is 12.1. The molecule has 0 unspecified atom stereocenters. The van der Waals surface area contributed by atoms with Crippen LogP contribution in [0.1, 0.15) is 15.9 Å². The fourth-order valence-electron chi connectivity index (χ4n) is 1.75. The Kier molecular flexibility index (Phi) is 4.97. The zero-order valence-electron chi connectivity index (χ0n) is 11.6. The average Bonchev–Trinajstić information content (AvgIpc) is 2.54. The Morgan fingerprint density at radius 3 is 2.67 bits per heavy atom. The monoisotopic (exact) mass is 281 g/mol. The summed E-state index contributed by atoms with van der Waals surface area (Å²) in [6.07, 6.45) is 0. The molecule has 0 spiro atoms. The summed E-state index contributed by atoms with van der Waals surface area (Å²) < 4.78 is 5.09. The molecule has 0 atom stereocenters. The van der Waals surface area contributed by atoms with E-state index in [1.165, 1.54) is 0 Å². The number of benzene rings is 2. The van der Waals surface area contributed by atoms with E-state index in [-0.39, 0.29) is 12.5 Å². The summed E-state index contributed by atoms with van der Waals surface area (Å²) in [4.78, 5) is 12.1. The van der Waals surface area contributed by atoms with Crippen molar-refractivity contribution < 1.29 is 14.6 Å². The van der Waals surface area contributed by atoms with Gasteiger partial charge < -0.3 is 15.2 Å². The second-order valence-electron chi connectivity index (χ2n) is 4.22. The summed E-state index contributed by atoms with van der Waals surface area (Å²) >= 11 is 0. The van der Waals surface area contributed by atoms with Gasteiger partial charge in [0.15, 0.2) is 0 Å². The lowest BCUT2D eigenvalue weighted by Gasteiger charge is -2.06. The number of nitrogens with one attached hydrogen (secondary N) is 1. The molecule has 0 saturated heterocycles. The number of hydrogen-bond acceptors (Lipinski definition) is 3. The molecule has 0 aliphatic heterocycles. The van der Waals surface area contributed by atoms with Crippen molar-refractivity contribution in [1.29, 1.82) is 0 Å². The molecule has 2 rings (SSSR count). The SMILES string of the molecule is COc1cccc(C(=O)Nc2ccc(C#CCO)cc2)c1. The Labute approximate surface area is 123 Å². The Morgan fingerprint density at radius 1 is 1.24 bits per heavy atom. The van der Waals surface area contributed by atoms with Crippen LogP contribution in [0.5, 0.6) is 5.75 Å². The van der Waals surface area contributed by atoms with E-state index in [1.807, 2.05) is 0 Å². The molecule has 0 heterocycles. The molecular formula is C17H15NO3. The predicted molar refractivity (Wildman–Crippen MR) is 81.4 cm³/mol. The van der Waals surface area contributed by atoms with Crippen LogP contribution in [-0.2, 0) is 0 Å². The van der Waals surface area contributed by atoms with Gasteiger partial charge in [0.2, 0.25) is 0 Å². The summed E-state index contributed by atoms with van der Waals surface area (Å²) in [6, 6.07) is 14.0. The van der Waals surface area contributed by atoms with E-state index < -0.39 is 0 Å². The van der Waals surface area contributed by atoms with Gasteiger partial charge in [0, 0.05) is 16.8 Å². The van der Waals surface area contributed by atoms with Crippen molar-refractivity contribution >= 4 is 11.6 Å². The fraction of sp³-hybridized carbons (Fsp3) is 0.118. The number of carbonyl (C=O) groups excluding carboxylic acids is 1. The van der Waals surface area contributed by atoms with Gasteiger partial charge in [-0.3, -0.25) is 4.79 Å². The largest absolute Gasteiger partial charge is 0.497 e. The van der Waals surface area contributed by atoms with Gasteiger partial charge >= 0.3 is 0 Å². The van der Waals surface area contributed by atoms with E-state index in [0.717, 1.165) is 5.56 Å². The van der Waals surface area contributed by atoms with E-state index in [2.05, 4.69) is 17.2 Å². The number of aliphatic hydroxyl groups excluding tert-OH is 1. The number of hydrogen-bond donors (Lipinski definition) is 2. The van der Waals surface area contributed by atoms with Gasteiger partial charge in [-0.1, -0.05) is 17.9 Å². The molecule has 1 amide bonds. The van der Waals surface area contributed by atoms with E-state index >= 15 is 0 Å². The Morgan fingerprint density at radius 2 is 2.00 bits per heavy atom. The number of methoxy groups -OCH3 is 1. The number of aliphatic hydroxyl groups is 1. The maximum Gasteiger partial charge on any atom is 0.255 e. The fourth-order valence-corrected chi connectivity index (χ4v) is 1.75. The maximum absolute atomic E-state index is 12.1. The molecule has 0 radical (unpaired) electrons. The van der Waals surface area contributed by atoms with E-state index in [9.17, 15) is 4.79 Å². The minimum atomic E-state index is -0.205. The van der Waals surface area contributed by atoms with Crippen LogP contribution in [0.2, 0.25) is 0 Å². The predicted octanol–water partition coefficient (Wildman–Crippen LogP) is 2.29. The van der Waals surface area contributed by atoms with Crippen molar-refractivity contribution in [3.8, 4) is 17.6 Å². The van der Waals surface area contributed by atoms with Gasteiger partial charge in [0.05, 0.1) is 7.11 Å². The second-order valence-corrected chi connectivity index (χ2v) is 4.22.